The van der Waals surface area contributed by atoms with Gasteiger partial charge < -0.3 is 20.0 Å². The largest absolute Gasteiger partial charge is 0.467 e. The molecule has 0 saturated carbocycles. The standard InChI is InChI=1S/C19H23N3O3.ClH/c1-14-4-2-3-5-15(14)11-18(23)21-6-8-22(9-7-21)19(24)16-10-17(12-20)25-13-16;/h2-5,10,13H,6-9,11-12,20H2,1H3;1H. The first-order valence-corrected chi connectivity index (χ1v) is 8.47. The molecule has 3 rings (SSSR count). The first-order valence-electron chi connectivity index (χ1n) is 8.47. The molecule has 1 aliphatic heterocycles. The van der Waals surface area contributed by atoms with Crippen molar-refractivity contribution in [1.82, 2.24) is 9.80 Å². The third-order valence-electron chi connectivity index (χ3n) is 4.62. The van der Waals surface area contributed by atoms with Crippen molar-refractivity contribution in [3.05, 3.63) is 59.0 Å². The van der Waals surface area contributed by atoms with E-state index in [9.17, 15) is 9.59 Å². The summed E-state index contributed by atoms with van der Waals surface area (Å²) < 4.78 is 5.23. The maximum atomic E-state index is 12.5. The van der Waals surface area contributed by atoms with E-state index in [0.29, 0.717) is 43.9 Å². The molecule has 0 radical (unpaired) electrons. The Balaban J connectivity index is 0.00000243. The molecule has 7 heteroatoms. The van der Waals surface area contributed by atoms with Crippen LogP contribution in [-0.4, -0.2) is 47.8 Å². The summed E-state index contributed by atoms with van der Waals surface area (Å²) in [5.41, 5.74) is 8.20. The lowest BCUT2D eigenvalue weighted by Gasteiger charge is -2.34. The van der Waals surface area contributed by atoms with Crippen molar-refractivity contribution in [2.45, 2.75) is 19.9 Å². The Bertz CT molecular complexity index is 767. The van der Waals surface area contributed by atoms with Crippen molar-refractivity contribution in [3.8, 4) is 0 Å². The molecule has 0 spiro atoms. The highest BCUT2D eigenvalue weighted by Crippen LogP contribution is 2.14. The van der Waals surface area contributed by atoms with Crippen molar-refractivity contribution in [2.24, 2.45) is 5.73 Å². The second kappa shape index (κ2) is 8.87. The molecule has 2 amide bonds. The van der Waals surface area contributed by atoms with Crippen molar-refractivity contribution in [3.63, 3.8) is 0 Å². The van der Waals surface area contributed by atoms with Crippen LogP contribution in [0.3, 0.4) is 0 Å². The van der Waals surface area contributed by atoms with Crippen LogP contribution >= 0.6 is 12.4 Å². The third kappa shape index (κ3) is 4.45. The van der Waals surface area contributed by atoms with Crippen LogP contribution in [0.1, 0.15) is 27.2 Å². The van der Waals surface area contributed by atoms with E-state index in [1.165, 1.54) is 6.26 Å². The summed E-state index contributed by atoms with van der Waals surface area (Å²) in [7, 11) is 0. The van der Waals surface area contributed by atoms with Crippen molar-refractivity contribution >= 4 is 24.2 Å². The maximum Gasteiger partial charge on any atom is 0.257 e. The molecule has 1 saturated heterocycles. The zero-order valence-electron chi connectivity index (χ0n) is 14.8. The van der Waals surface area contributed by atoms with Crippen LogP contribution in [0.5, 0.6) is 0 Å². The minimum Gasteiger partial charge on any atom is -0.467 e. The number of hydrogen-bond donors (Lipinski definition) is 1. The lowest BCUT2D eigenvalue weighted by molar-refractivity contribution is -0.131. The van der Waals surface area contributed by atoms with Crippen LogP contribution in [0.15, 0.2) is 41.0 Å². The second-order valence-electron chi connectivity index (χ2n) is 6.28. The van der Waals surface area contributed by atoms with Crippen LogP contribution in [0.4, 0.5) is 0 Å². The highest BCUT2D eigenvalue weighted by Gasteiger charge is 2.25. The molecule has 2 heterocycles. The molecule has 0 unspecified atom stereocenters. The average molecular weight is 378 g/mol. The van der Waals surface area contributed by atoms with E-state index >= 15 is 0 Å². The molecule has 2 aromatic rings. The zero-order chi connectivity index (χ0) is 17.8. The number of carbonyl (C=O) groups excluding carboxylic acids is 2. The molecule has 1 aliphatic rings. The summed E-state index contributed by atoms with van der Waals surface area (Å²) in [5.74, 6) is 0.625. The Labute approximate surface area is 159 Å². The van der Waals surface area contributed by atoms with Crippen LogP contribution in [0.25, 0.3) is 0 Å². The Hall–Kier alpha value is -2.31. The SMILES string of the molecule is Cc1ccccc1CC(=O)N1CCN(C(=O)c2coc(CN)c2)CC1.Cl. The third-order valence-corrected chi connectivity index (χ3v) is 4.62. The van der Waals surface area contributed by atoms with Crippen LogP contribution in [0.2, 0.25) is 0 Å². The summed E-state index contributed by atoms with van der Waals surface area (Å²) in [5, 5.41) is 0. The molecule has 26 heavy (non-hydrogen) atoms. The zero-order valence-corrected chi connectivity index (χ0v) is 15.6. The molecule has 1 aromatic carbocycles. The Morgan fingerprint density at radius 2 is 1.77 bits per heavy atom. The van der Waals surface area contributed by atoms with Crippen LogP contribution < -0.4 is 5.73 Å². The van der Waals surface area contributed by atoms with Crippen molar-refractivity contribution < 1.29 is 14.0 Å². The van der Waals surface area contributed by atoms with Crippen LogP contribution in [0, 0.1) is 6.92 Å². The fourth-order valence-electron chi connectivity index (χ4n) is 3.02. The molecule has 0 aliphatic carbocycles. The minimum absolute atomic E-state index is 0. The Kier molecular flexibility index (Phi) is 6.83. The van der Waals surface area contributed by atoms with Gasteiger partial charge in [-0.3, -0.25) is 9.59 Å². The number of aryl methyl sites for hydroxylation is 1. The number of furan rings is 1. The maximum absolute atomic E-state index is 12.5. The smallest absolute Gasteiger partial charge is 0.257 e. The highest BCUT2D eigenvalue weighted by molar-refractivity contribution is 5.94. The topological polar surface area (TPSA) is 79.8 Å². The number of hydrogen-bond acceptors (Lipinski definition) is 4. The molecule has 2 N–H and O–H groups in total. The number of nitrogens with zero attached hydrogens (tertiary/aromatic N) is 2. The van der Waals surface area contributed by atoms with E-state index < -0.39 is 0 Å². The van der Waals surface area contributed by atoms with Crippen LogP contribution in [-0.2, 0) is 17.8 Å². The van der Waals surface area contributed by atoms with Gasteiger partial charge in [0, 0.05) is 26.2 Å². The molecule has 140 valence electrons. The number of rotatable bonds is 4. The van der Waals surface area contributed by atoms with Gasteiger partial charge in [-0.1, -0.05) is 24.3 Å². The summed E-state index contributed by atoms with van der Waals surface area (Å²) in [4.78, 5) is 28.5. The lowest BCUT2D eigenvalue weighted by atomic mass is 10.1. The summed E-state index contributed by atoms with van der Waals surface area (Å²) in [6.07, 6.45) is 1.85. The quantitative estimate of drug-likeness (QED) is 0.883. The molecule has 1 fully saturated rings. The number of benzene rings is 1. The van der Waals surface area contributed by atoms with Gasteiger partial charge in [-0.15, -0.1) is 12.4 Å². The van der Waals surface area contributed by atoms with E-state index in [0.717, 1.165) is 11.1 Å². The number of amides is 2. The van der Waals surface area contributed by atoms with E-state index in [1.807, 2.05) is 36.1 Å². The van der Waals surface area contributed by atoms with E-state index in [2.05, 4.69) is 0 Å². The van der Waals surface area contributed by atoms with Gasteiger partial charge in [-0.25, -0.2) is 0 Å². The normalized spacial score (nSPS) is 14.1. The monoisotopic (exact) mass is 377 g/mol. The van der Waals surface area contributed by atoms with Gasteiger partial charge in [0.05, 0.1) is 18.5 Å². The number of nitrogens with two attached hydrogens (primary N) is 1. The van der Waals surface area contributed by atoms with E-state index in [4.69, 9.17) is 10.2 Å². The van der Waals surface area contributed by atoms with Crippen molar-refractivity contribution in [1.29, 1.82) is 0 Å². The molecule has 0 atom stereocenters. The molecule has 1 aromatic heterocycles. The van der Waals surface area contributed by atoms with Gasteiger partial charge in [0.2, 0.25) is 5.91 Å². The number of piperazine rings is 1. The Morgan fingerprint density at radius 3 is 2.38 bits per heavy atom. The highest BCUT2D eigenvalue weighted by atomic mass is 35.5. The second-order valence-corrected chi connectivity index (χ2v) is 6.28. The van der Waals surface area contributed by atoms with E-state index in [1.54, 1.807) is 11.0 Å². The van der Waals surface area contributed by atoms with Gasteiger partial charge >= 0.3 is 0 Å². The van der Waals surface area contributed by atoms with Gasteiger partial charge in [-0.05, 0) is 24.1 Å². The number of carbonyl (C=O) groups is 2. The number of halogens is 1. The summed E-state index contributed by atoms with van der Waals surface area (Å²) in [6.45, 7) is 4.45. The first-order chi connectivity index (χ1) is 12.1. The lowest BCUT2D eigenvalue weighted by Crippen LogP contribution is -2.51. The fourth-order valence-corrected chi connectivity index (χ4v) is 3.02. The average Bonchev–Trinajstić information content (AvgIpc) is 3.12. The summed E-state index contributed by atoms with van der Waals surface area (Å²) in [6, 6.07) is 9.60. The molecule has 6 nitrogen and oxygen atoms in total. The molecular weight excluding hydrogens is 354 g/mol. The van der Waals surface area contributed by atoms with Gasteiger partial charge in [-0.2, -0.15) is 0 Å². The van der Waals surface area contributed by atoms with E-state index in [-0.39, 0.29) is 30.8 Å². The fraction of sp³-hybridized carbons (Fsp3) is 0.368. The minimum atomic E-state index is -0.0746. The first kappa shape index (κ1) is 20.0. The Morgan fingerprint density at radius 1 is 1.12 bits per heavy atom. The van der Waals surface area contributed by atoms with Crippen molar-refractivity contribution in [2.75, 3.05) is 26.2 Å². The summed E-state index contributed by atoms with van der Waals surface area (Å²) >= 11 is 0. The molecule has 0 bridgehead atoms. The van der Waals surface area contributed by atoms with Gasteiger partial charge in [0.25, 0.3) is 5.91 Å². The predicted octanol–water partition coefficient (Wildman–Crippen LogP) is 2.00. The molecular formula is C19H24ClN3O3. The van der Waals surface area contributed by atoms with Gasteiger partial charge in [0.1, 0.15) is 12.0 Å². The predicted molar refractivity (Wildman–Crippen MR) is 101 cm³/mol. The van der Waals surface area contributed by atoms with Gasteiger partial charge in [0.15, 0.2) is 0 Å².